The highest BCUT2D eigenvalue weighted by Crippen LogP contribution is 2.20. The average Bonchev–Trinajstić information content (AvgIpc) is 2.56. The Morgan fingerprint density at radius 3 is 2.48 bits per heavy atom. The molecule has 1 N–H and O–H groups in total. The second kappa shape index (κ2) is 6.66. The maximum atomic E-state index is 13.2. The van der Waals surface area contributed by atoms with Gasteiger partial charge >= 0.3 is 0 Å². The van der Waals surface area contributed by atoms with Crippen LogP contribution in [0.15, 0.2) is 48.8 Å². The highest BCUT2D eigenvalue weighted by Gasteiger charge is 2.07. The van der Waals surface area contributed by atoms with Crippen molar-refractivity contribution in [3.8, 4) is 11.4 Å². The van der Waals surface area contributed by atoms with Gasteiger partial charge in [-0.25, -0.2) is 18.7 Å². The van der Waals surface area contributed by atoms with Crippen LogP contribution < -0.4 is 5.32 Å². The zero-order chi connectivity index (χ0) is 16.2. The predicted octanol–water partition coefficient (Wildman–Crippen LogP) is 4.08. The van der Waals surface area contributed by atoms with Crippen molar-refractivity contribution >= 4 is 17.4 Å². The van der Waals surface area contributed by atoms with Crippen molar-refractivity contribution in [1.29, 1.82) is 0 Å². The van der Waals surface area contributed by atoms with E-state index in [1.165, 1.54) is 6.07 Å². The Bertz CT molecular complexity index is 828. The third-order valence-electron chi connectivity index (χ3n) is 3.09. The van der Waals surface area contributed by atoms with Gasteiger partial charge in [0.1, 0.15) is 11.0 Å². The van der Waals surface area contributed by atoms with Gasteiger partial charge in [0.2, 0.25) is 0 Å². The van der Waals surface area contributed by atoms with Crippen molar-refractivity contribution in [1.82, 2.24) is 15.0 Å². The van der Waals surface area contributed by atoms with Gasteiger partial charge in [0.15, 0.2) is 17.5 Å². The molecule has 0 aliphatic rings. The monoisotopic (exact) mass is 332 g/mol. The second-order valence-corrected chi connectivity index (χ2v) is 5.12. The lowest BCUT2D eigenvalue weighted by Gasteiger charge is -2.08. The minimum absolute atomic E-state index is 0.277. The summed E-state index contributed by atoms with van der Waals surface area (Å²) in [5, 5.41) is 3.30. The van der Waals surface area contributed by atoms with Crippen molar-refractivity contribution in [3.63, 3.8) is 0 Å². The number of halogens is 3. The normalized spacial score (nSPS) is 10.6. The lowest BCUT2D eigenvalue weighted by Crippen LogP contribution is -2.04. The van der Waals surface area contributed by atoms with Gasteiger partial charge in [-0.1, -0.05) is 17.7 Å². The fourth-order valence-electron chi connectivity index (χ4n) is 1.98. The van der Waals surface area contributed by atoms with Crippen molar-refractivity contribution in [2.75, 3.05) is 5.32 Å². The van der Waals surface area contributed by atoms with E-state index in [2.05, 4.69) is 20.3 Å². The Hall–Kier alpha value is -2.60. The van der Waals surface area contributed by atoms with E-state index in [0.29, 0.717) is 17.2 Å². The molecule has 0 unspecified atom stereocenters. The number of hydrogen-bond acceptors (Lipinski definition) is 4. The Kier molecular flexibility index (Phi) is 4.43. The van der Waals surface area contributed by atoms with Gasteiger partial charge in [0.25, 0.3) is 0 Å². The van der Waals surface area contributed by atoms with Crippen LogP contribution in [0.25, 0.3) is 11.4 Å². The molecule has 0 aliphatic carbocycles. The molecule has 7 heteroatoms. The van der Waals surface area contributed by atoms with E-state index in [4.69, 9.17) is 11.6 Å². The summed E-state index contributed by atoms with van der Waals surface area (Å²) in [7, 11) is 0. The summed E-state index contributed by atoms with van der Waals surface area (Å²) in [5.41, 5.74) is 1.36. The van der Waals surface area contributed by atoms with E-state index in [9.17, 15) is 8.78 Å². The zero-order valence-corrected chi connectivity index (χ0v) is 12.6. The molecule has 2 aromatic heterocycles. The minimum atomic E-state index is -0.887. The summed E-state index contributed by atoms with van der Waals surface area (Å²) in [4.78, 5) is 12.5. The molecule has 116 valence electrons. The Morgan fingerprint density at radius 2 is 1.74 bits per heavy atom. The Morgan fingerprint density at radius 1 is 0.957 bits per heavy atom. The van der Waals surface area contributed by atoms with E-state index in [1.54, 1.807) is 30.6 Å². The SMILES string of the molecule is Fc1ccc(CNc2cc(Cl)nc(-c3ccncc3)n2)cc1F. The van der Waals surface area contributed by atoms with Crippen molar-refractivity contribution in [2.45, 2.75) is 6.54 Å². The molecule has 2 heterocycles. The minimum Gasteiger partial charge on any atom is -0.366 e. The van der Waals surface area contributed by atoms with Crippen molar-refractivity contribution < 1.29 is 8.78 Å². The van der Waals surface area contributed by atoms with Crippen LogP contribution in [-0.2, 0) is 6.54 Å². The number of pyridine rings is 1. The lowest BCUT2D eigenvalue weighted by molar-refractivity contribution is 0.507. The average molecular weight is 333 g/mol. The molecule has 0 amide bonds. The molecular weight excluding hydrogens is 322 g/mol. The van der Waals surface area contributed by atoms with Crippen molar-refractivity contribution in [3.05, 3.63) is 71.1 Å². The first-order chi connectivity index (χ1) is 11.1. The van der Waals surface area contributed by atoms with Crippen LogP contribution in [0.3, 0.4) is 0 Å². The van der Waals surface area contributed by atoms with E-state index in [1.807, 2.05) is 0 Å². The Balaban J connectivity index is 1.80. The molecule has 0 spiro atoms. The largest absolute Gasteiger partial charge is 0.366 e. The van der Waals surface area contributed by atoms with E-state index >= 15 is 0 Å². The number of nitrogens with zero attached hydrogens (tertiary/aromatic N) is 3. The summed E-state index contributed by atoms with van der Waals surface area (Å²) in [5.74, 6) is -0.824. The first-order valence-electron chi connectivity index (χ1n) is 6.74. The van der Waals surface area contributed by atoms with Gasteiger partial charge in [-0.05, 0) is 29.8 Å². The van der Waals surface area contributed by atoms with Gasteiger partial charge in [-0.2, -0.15) is 0 Å². The quantitative estimate of drug-likeness (QED) is 0.731. The molecule has 0 radical (unpaired) electrons. The summed E-state index contributed by atoms with van der Waals surface area (Å²) >= 11 is 6.01. The summed E-state index contributed by atoms with van der Waals surface area (Å²) < 4.78 is 26.1. The molecule has 0 saturated carbocycles. The number of rotatable bonds is 4. The summed E-state index contributed by atoms with van der Waals surface area (Å²) in [6, 6.07) is 8.82. The van der Waals surface area contributed by atoms with Gasteiger partial charge in [-0.3, -0.25) is 4.98 Å². The standard InChI is InChI=1S/C16H11ClF2N4/c17-14-8-15(21-9-10-1-2-12(18)13(19)7-10)23-16(22-14)11-3-5-20-6-4-11/h1-8H,9H2,(H,21,22,23). The molecule has 1 aromatic carbocycles. The second-order valence-electron chi connectivity index (χ2n) is 4.74. The van der Waals surface area contributed by atoms with E-state index < -0.39 is 11.6 Å². The Labute approximate surface area is 136 Å². The maximum absolute atomic E-state index is 13.2. The molecule has 0 atom stereocenters. The van der Waals surface area contributed by atoms with Crippen molar-refractivity contribution in [2.24, 2.45) is 0 Å². The van der Waals surface area contributed by atoms with E-state index in [0.717, 1.165) is 17.7 Å². The number of nitrogens with one attached hydrogen (secondary N) is 1. The number of benzene rings is 1. The first-order valence-corrected chi connectivity index (χ1v) is 7.12. The topological polar surface area (TPSA) is 50.7 Å². The molecule has 0 saturated heterocycles. The van der Waals surface area contributed by atoms with Crippen LogP contribution >= 0.6 is 11.6 Å². The van der Waals surface area contributed by atoms with Crippen LogP contribution in [0.4, 0.5) is 14.6 Å². The molecule has 0 bridgehead atoms. The van der Waals surface area contributed by atoms with Gasteiger partial charge in [0, 0.05) is 30.6 Å². The lowest BCUT2D eigenvalue weighted by atomic mass is 10.2. The summed E-state index contributed by atoms with van der Waals surface area (Å²) in [6.07, 6.45) is 3.27. The van der Waals surface area contributed by atoms with Crippen LogP contribution in [0.5, 0.6) is 0 Å². The molecule has 3 rings (SSSR count). The fraction of sp³-hybridized carbons (Fsp3) is 0.0625. The number of anilines is 1. The third-order valence-corrected chi connectivity index (χ3v) is 3.28. The highest BCUT2D eigenvalue weighted by molar-refractivity contribution is 6.29. The van der Waals surface area contributed by atoms with Crippen LogP contribution in [-0.4, -0.2) is 15.0 Å². The highest BCUT2D eigenvalue weighted by atomic mass is 35.5. The maximum Gasteiger partial charge on any atom is 0.163 e. The summed E-state index contributed by atoms with van der Waals surface area (Å²) in [6.45, 7) is 0.278. The van der Waals surface area contributed by atoms with Gasteiger partial charge in [-0.15, -0.1) is 0 Å². The third kappa shape index (κ3) is 3.78. The molecule has 23 heavy (non-hydrogen) atoms. The van der Waals surface area contributed by atoms with Crippen LogP contribution in [0.1, 0.15) is 5.56 Å². The first kappa shape index (κ1) is 15.3. The van der Waals surface area contributed by atoms with Crippen LogP contribution in [0.2, 0.25) is 5.15 Å². The van der Waals surface area contributed by atoms with Gasteiger partial charge in [0.05, 0.1) is 0 Å². The van der Waals surface area contributed by atoms with Gasteiger partial charge < -0.3 is 5.32 Å². The van der Waals surface area contributed by atoms with E-state index in [-0.39, 0.29) is 11.7 Å². The zero-order valence-electron chi connectivity index (χ0n) is 11.8. The molecule has 4 nitrogen and oxygen atoms in total. The molecule has 3 aromatic rings. The molecule has 0 aliphatic heterocycles. The number of hydrogen-bond donors (Lipinski definition) is 1. The number of aromatic nitrogens is 3. The molecular formula is C16H11ClF2N4. The fourth-order valence-corrected chi connectivity index (χ4v) is 2.16. The molecule has 0 fully saturated rings. The predicted molar refractivity (Wildman–Crippen MR) is 84.0 cm³/mol. The smallest absolute Gasteiger partial charge is 0.163 e. The van der Waals surface area contributed by atoms with Crippen LogP contribution in [0, 0.1) is 11.6 Å².